The molecule has 0 spiro atoms. The van der Waals surface area contributed by atoms with Gasteiger partial charge in [-0.25, -0.2) is 4.39 Å². The van der Waals surface area contributed by atoms with E-state index in [9.17, 15) is 28.9 Å². The van der Waals surface area contributed by atoms with Crippen molar-refractivity contribution >= 4 is 40.4 Å². The van der Waals surface area contributed by atoms with Crippen molar-refractivity contribution in [2.75, 3.05) is 11.5 Å². The number of ketones is 1. The van der Waals surface area contributed by atoms with Gasteiger partial charge in [-0.2, -0.15) is 0 Å². The lowest BCUT2D eigenvalue weighted by Gasteiger charge is -2.42. The molecule has 3 aromatic rings. The van der Waals surface area contributed by atoms with Gasteiger partial charge in [0.05, 0.1) is 17.2 Å². The van der Waals surface area contributed by atoms with Crippen LogP contribution in [0.15, 0.2) is 77.3 Å². The number of thiophene rings is 1. The zero-order valence-corrected chi connectivity index (χ0v) is 21.2. The second-order valence-electron chi connectivity index (χ2n) is 9.07. The lowest BCUT2D eigenvalue weighted by Crippen LogP contribution is -2.46. The molecule has 2 aromatic carbocycles. The fourth-order valence-electron chi connectivity index (χ4n) is 5.35. The Labute approximate surface area is 221 Å². The predicted molar refractivity (Wildman–Crippen MR) is 138 cm³/mol. The van der Waals surface area contributed by atoms with Crippen molar-refractivity contribution in [3.8, 4) is 0 Å². The van der Waals surface area contributed by atoms with Crippen LogP contribution in [0, 0.1) is 21.8 Å². The molecule has 0 saturated carbocycles. The third kappa shape index (κ3) is 4.41. The van der Waals surface area contributed by atoms with Crippen molar-refractivity contribution in [2.24, 2.45) is 5.92 Å². The van der Waals surface area contributed by atoms with Crippen LogP contribution in [-0.2, 0) is 19.1 Å². The fraction of sp³-hybridized carbons (Fsp3) is 0.250. The van der Waals surface area contributed by atoms with E-state index in [-0.39, 0.29) is 36.4 Å². The van der Waals surface area contributed by atoms with Gasteiger partial charge in [0.2, 0.25) is 5.91 Å². The van der Waals surface area contributed by atoms with Crippen LogP contribution in [0.1, 0.15) is 42.0 Å². The summed E-state index contributed by atoms with van der Waals surface area (Å²) < 4.78 is 20.3. The number of hydrogen-bond donors (Lipinski definition) is 0. The maximum absolute atomic E-state index is 15.0. The molecule has 1 aromatic heterocycles. The van der Waals surface area contributed by atoms with Crippen molar-refractivity contribution < 1.29 is 28.4 Å². The lowest BCUT2D eigenvalue weighted by atomic mass is 9.69. The van der Waals surface area contributed by atoms with Gasteiger partial charge in [-0.15, -0.1) is 11.3 Å². The summed E-state index contributed by atoms with van der Waals surface area (Å²) in [6, 6.07) is 15.2. The summed E-state index contributed by atoms with van der Waals surface area (Å²) >= 11 is 1.38. The number of amides is 1. The number of para-hydroxylation sites is 1. The molecule has 1 amide bonds. The van der Waals surface area contributed by atoms with Crippen molar-refractivity contribution in [1.29, 1.82) is 0 Å². The Hall–Kier alpha value is -4.18. The monoisotopic (exact) mass is 534 g/mol. The summed E-state index contributed by atoms with van der Waals surface area (Å²) in [5.41, 5.74) is 0.704. The zero-order chi connectivity index (χ0) is 27.0. The largest absolute Gasteiger partial charge is 0.465 e. The number of anilines is 1. The molecule has 0 radical (unpaired) electrons. The number of carbonyl (C=O) groups is 3. The van der Waals surface area contributed by atoms with E-state index >= 15 is 0 Å². The van der Waals surface area contributed by atoms with Crippen LogP contribution in [0.4, 0.5) is 15.8 Å². The maximum Gasteiger partial charge on any atom is 0.317 e. The first-order valence-electron chi connectivity index (χ1n) is 12.1. The summed E-state index contributed by atoms with van der Waals surface area (Å²) in [4.78, 5) is 53.9. The van der Waals surface area contributed by atoms with E-state index in [0.717, 1.165) is 4.88 Å². The van der Waals surface area contributed by atoms with Gasteiger partial charge in [-0.3, -0.25) is 29.4 Å². The van der Waals surface area contributed by atoms with E-state index in [1.807, 2.05) is 17.5 Å². The van der Waals surface area contributed by atoms with Crippen molar-refractivity contribution in [3.05, 3.63) is 104 Å². The molecule has 1 aliphatic heterocycles. The number of nitro groups is 1. The average Bonchev–Trinajstić information content (AvgIpc) is 3.44. The SMILES string of the molecule is CCOC(=O)[C@@H]1C(=O)C2=C(C[C@H]1c1cccs1)N(c1ccccc1F)C(=O)C[C@H]2c1cccc([N+](=O)[O-])c1. The highest BCUT2D eigenvalue weighted by Gasteiger charge is 2.50. The van der Waals surface area contributed by atoms with Crippen molar-refractivity contribution in [3.63, 3.8) is 0 Å². The highest BCUT2D eigenvalue weighted by molar-refractivity contribution is 7.10. The molecule has 0 fully saturated rings. The van der Waals surface area contributed by atoms with E-state index in [2.05, 4.69) is 0 Å². The van der Waals surface area contributed by atoms with E-state index in [1.54, 1.807) is 19.1 Å². The zero-order valence-electron chi connectivity index (χ0n) is 20.3. The van der Waals surface area contributed by atoms with Crippen molar-refractivity contribution in [2.45, 2.75) is 31.6 Å². The van der Waals surface area contributed by atoms with Crippen LogP contribution in [0.5, 0.6) is 0 Å². The summed E-state index contributed by atoms with van der Waals surface area (Å²) in [6.45, 7) is 1.74. The number of ether oxygens (including phenoxy) is 1. The first kappa shape index (κ1) is 25.5. The quantitative estimate of drug-likeness (QED) is 0.179. The number of non-ortho nitro benzene ring substituents is 1. The normalized spacial score (nSPS) is 21.3. The number of rotatable bonds is 6. The number of nitro benzene ring substituents is 1. The molecule has 3 atom stereocenters. The standard InChI is InChI=1S/C28H23FN2O6S/c1-2-37-28(34)26-19(23-11-6-12-38-23)14-22-25(27(26)33)18(16-7-5-8-17(13-16)31(35)36)15-24(32)30(22)21-10-4-3-9-20(21)29/h3-13,18-19,26H,2,14-15H2,1H3/t18-,19-,26-/m0/s1. The molecule has 0 bridgehead atoms. The Morgan fingerprint density at radius 2 is 1.92 bits per heavy atom. The predicted octanol–water partition coefficient (Wildman–Crippen LogP) is 5.51. The Bertz CT molecular complexity index is 1470. The molecule has 1 aliphatic carbocycles. The lowest BCUT2D eigenvalue weighted by molar-refractivity contribution is -0.384. The number of halogens is 1. The number of benzene rings is 2. The van der Waals surface area contributed by atoms with Gasteiger partial charge in [-0.1, -0.05) is 30.3 Å². The minimum atomic E-state index is -1.16. The Morgan fingerprint density at radius 3 is 2.61 bits per heavy atom. The Balaban J connectivity index is 1.74. The number of allylic oxidation sites excluding steroid dienone is 2. The maximum atomic E-state index is 15.0. The van der Waals surface area contributed by atoms with E-state index in [4.69, 9.17) is 4.74 Å². The van der Waals surface area contributed by atoms with Gasteiger partial charge in [0.25, 0.3) is 5.69 Å². The van der Waals surface area contributed by atoms with Gasteiger partial charge < -0.3 is 4.74 Å². The smallest absolute Gasteiger partial charge is 0.317 e. The molecule has 10 heteroatoms. The number of Topliss-reactive ketones (excluding diaryl/α,β-unsaturated/α-hetero) is 1. The Kier molecular flexibility index (Phi) is 6.90. The van der Waals surface area contributed by atoms with Crippen LogP contribution in [0.3, 0.4) is 0 Å². The molecule has 0 unspecified atom stereocenters. The molecule has 0 N–H and O–H groups in total. The number of esters is 1. The Morgan fingerprint density at radius 1 is 1.13 bits per heavy atom. The van der Waals surface area contributed by atoms with Gasteiger partial charge in [0.15, 0.2) is 5.78 Å². The number of nitrogens with zero attached hydrogens (tertiary/aromatic N) is 2. The summed E-state index contributed by atoms with van der Waals surface area (Å²) in [6.07, 6.45) is -0.115. The summed E-state index contributed by atoms with van der Waals surface area (Å²) in [5.74, 6) is -4.89. The van der Waals surface area contributed by atoms with Gasteiger partial charge in [0.1, 0.15) is 11.7 Å². The van der Waals surface area contributed by atoms with Crippen molar-refractivity contribution in [1.82, 2.24) is 0 Å². The average molecular weight is 535 g/mol. The minimum absolute atomic E-state index is 0.00908. The first-order chi connectivity index (χ1) is 18.3. The third-order valence-electron chi connectivity index (χ3n) is 6.95. The molecule has 2 aliphatic rings. The molecule has 8 nitrogen and oxygen atoms in total. The summed E-state index contributed by atoms with van der Waals surface area (Å²) in [7, 11) is 0. The van der Waals surface area contributed by atoms with E-state index in [0.29, 0.717) is 11.3 Å². The second kappa shape index (κ2) is 10.3. The highest BCUT2D eigenvalue weighted by Crippen LogP contribution is 2.50. The summed E-state index contributed by atoms with van der Waals surface area (Å²) in [5, 5.41) is 13.3. The second-order valence-corrected chi connectivity index (χ2v) is 10.0. The highest BCUT2D eigenvalue weighted by atomic mass is 32.1. The van der Waals surface area contributed by atoms with E-state index in [1.165, 1.54) is 52.6 Å². The molecule has 2 heterocycles. The van der Waals surface area contributed by atoms with Gasteiger partial charge in [0, 0.05) is 46.5 Å². The molecule has 194 valence electrons. The van der Waals surface area contributed by atoms with Crippen LogP contribution < -0.4 is 4.90 Å². The van der Waals surface area contributed by atoms with Gasteiger partial charge in [-0.05, 0) is 42.5 Å². The molecular weight excluding hydrogens is 511 g/mol. The van der Waals surface area contributed by atoms with Crippen LogP contribution in [0.2, 0.25) is 0 Å². The minimum Gasteiger partial charge on any atom is -0.465 e. The molecule has 5 rings (SSSR count). The van der Waals surface area contributed by atoms with Crippen LogP contribution in [-0.4, -0.2) is 29.2 Å². The third-order valence-corrected chi connectivity index (χ3v) is 7.95. The topological polar surface area (TPSA) is 107 Å². The number of hydrogen-bond acceptors (Lipinski definition) is 7. The van der Waals surface area contributed by atoms with Crippen LogP contribution >= 0.6 is 11.3 Å². The van der Waals surface area contributed by atoms with E-state index < -0.39 is 46.2 Å². The molecular formula is C28H23FN2O6S. The van der Waals surface area contributed by atoms with Crippen LogP contribution in [0.25, 0.3) is 0 Å². The first-order valence-corrected chi connectivity index (χ1v) is 13.0. The van der Waals surface area contributed by atoms with Gasteiger partial charge >= 0.3 is 5.97 Å². The molecule has 38 heavy (non-hydrogen) atoms. The molecule has 0 saturated heterocycles. The fourth-order valence-corrected chi connectivity index (χ4v) is 6.22. The number of carbonyl (C=O) groups excluding carboxylic acids is 3.